The Bertz CT molecular complexity index is 134. The average molecular weight is 164 g/mol. The highest BCUT2D eigenvalue weighted by Crippen LogP contribution is 2.12. The minimum absolute atomic E-state index is 0.0556. The van der Waals surface area contributed by atoms with Crippen LogP contribution in [0, 0.1) is 0 Å². The fourth-order valence-electron chi connectivity index (χ4n) is 1.18. The van der Waals surface area contributed by atoms with Crippen LogP contribution in [0.3, 0.4) is 0 Å². The number of nitrogens with two attached hydrogens (primary N) is 1. The van der Waals surface area contributed by atoms with Gasteiger partial charge in [-0.2, -0.15) is 0 Å². The van der Waals surface area contributed by atoms with Crippen LogP contribution in [-0.2, 0) is 0 Å². The normalized spacial score (nSPS) is 45.8. The summed E-state index contributed by atoms with van der Waals surface area (Å²) < 4.78 is 12.6. The van der Waals surface area contributed by atoms with Crippen molar-refractivity contribution in [3.05, 3.63) is 0 Å². The second-order valence-corrected chi connectivity index (χ2v) is 2.75. The number of hydrogen-bond donors (Lipinski definition) is 4. The molecule has 1 fully saturated rings. The Hall–Kier alpha value is -0.230. The van der Waals surface area contributed by atoms with Gasteiger partial charge in [0.25, 0.3) is 0 Å². The zero-order chi connectivity index (χ0) is 8.43. The van der Waals surface area contributed by atoms with Crippen molar-refractivity contribution in [1.82, 2.24) is 5.32 Å². The highest BCUT2D eigenvalue weighted by Gasteiger charge is 2.36. The third kappa shape index (κ3) is 1.67. The molecule has 5 heteroatoms. The van der Waals surface area contributed by atoms with E-state index >= 15 is 0 Å². The topological polar surface area (TPSA) is 78.5 Å². The Labute approximate surface area is 64.2 Å². The van der Waals surface area contributed by atoms with Crippen molar-refractivity contribution in [2.75, 3.05) is 13.1 Å². The largest absolute Gasteiger partial charge is 0.389 e. The van der Waals surface area contributed by atoms with Crippen molar-refractivity contribution in [1.29, 1.82) is 0 Å². The van der Waals surface area contributed by atoms with Crippen LogP contribution >= 0.6 is 0 Å². The van der Waals surface area contributed by atoms with Crippen molar-refractivity contribution < 1.29 is 14.6 Å². The summed E-state index contributed by atoms with van der Waals surface area (Å²) in [5.41, 5.74) is 5.25. The summed E-state index contributed by atoms with van der Waals surface area (Å²) >= 11 is 0. The Kier molecular flexibility index (Phi) is 2.78. The van der Waals surface area contributed by atoms with Gasteiger partial charge in [0.05, 0.1) is 6.10 Å². The Morgan fingerprint density at radius 3 is 2.64 bits per heavy atom. The van der Waals surface area contributed by atoms with E-state index in [-0.39, 0.29) is 13.1 Å². The predicted octanol–water partition coefficient (Wildman–Crippen LogP) is -2.02. The lowest BCUT2D eigenvalue weighted by atomic mass is 9.97. The molecule has 1 saturated heterocycles. The van der Waals surface area contributed by atoms with Crippen molar-refractivity contribution in [2.24, 2.45) is 5.73 Å². The zero-order valence-electron chi connectivity index (χ0n) is 6.07. The van der Waals surface area contributed by atoms with E-state index in [0.717, 1.165) is 0 Å². The molecule has 4 atom stereocenters. The molecule has 1 rings (SSSR count). The number of aliphatic hydroxyl groups excluding tert-OH is 2. The molecular weight excluding hydrogens is 151 g/mol. The van der Waals surface area contributed by atoms with E-state index in [1.165, 1.54) is 0 Å². The maximum Gasteiger partial charge on any atom is 0.141 e. The first-order valence-corrected chi connectivity index (χ1v) is 3.60. The van der Waals surface area contributed by atoms with E-state index in [9.17, 15) is 9.50 Å². The summed E-state index contributed by atoms with van der Waals surface area (Å²) in [5, 5.41) is 20.9. The van der Waals surface area contributed by atoms with Gasteiger partial charge < -0.3 is 21.3 Å². The van der Waals surface area contributed by atoms with Crippen LogP contribution in [0.1, 0.15) is 0 Å². The lowest BCUT2D eigenvalue weighted by Gasteiger charge is -2.34. The summed E-state index contributed by atoms with van der Waals surface area (Å²) in [6.07, 6.45) is -3.79. The minimum Gasteiger partial charge on any atom is -0.389 e. The number of nitrogens with one attached hydrogen (secondary N) is 1. The number of piperidine rings is 1. The van der Waals surface area contributed by atoms with Crippen molar-refractivity contribution >= 4 is 0 Å². The van der Waals surface area contributed by atoms with E-state index in [0.29, 0.717) is 0 Å². The highest BCUT2D eigenvalue weighted by atomic mass is 19.1. The Balaban J connectivity index is 2.52. The lowest BCUT2D eigenvalue weighted by molar-refractivity contribution is -0.0659. The fourth-order valence-corrected chi connectivity index (χ4v) is 1.18. The monoisotopic (exact) mass is 164 g/mol. The summed E-state index contributed by atoms with van der Waals surface area (Å²) in [4.78, 5) is 0. The van der Waals surface area contributed by atoms with Crippen molar-refractivity contribution in [3.8, 4) is 0 Å². The van der Waals surface area contributed by atoms with Gasteiger partial charge in [-0.15, -0.1) is 0 Å². The molecule has 0 bridgehead atoms. The number of halogens is 1. The standard InChI is InChI=1S/C6H13FN2O2/c7-3-2-9-4(1-8)6(11)5(3)10/h3-6,9-11H,1-2,8H2. The smallest absolute Gasteiger partial charge is 0.141 e. The summed E-state index contributed by atoms with van der Waals surface area (Å²) in [5.74, 6) is 0. The first kappa shape index (κ1) is 8.86. The molecule has 4 nitrogen and oxygen atoms in total. The molecule has 4 unspecified atom stereocenters. The second-order valence-electron chi connectivity index (χ2n) is 2.75. The SMILES string of the molecule is NCC1NCC(F)C(O)C1O. The maximum atomic E-state index is 12.6. The van der Waals surface area contributed by atoms with Crippen molar-refractivity contribution in [3.63, 3.8) is 0 Å². The Morgan fingerprint density at radius 2 is 2.09 bits per heavy atom. The van der Waals surface area contributed by atoms with Gasteiger partial charge in [-0.1, -0.05) is 0 Å². The van der Waals surface area contributed by atoms with Crippen LogP contribution in [0.25, 0.3) is 0 Å². The van der Waals surface area contributed by atoms with Gasteiger partial charge in [-0.25, -0.2) is 4.39 Å². The van der Waals surface area contributed by atoms with Crippen LogP contribution in [0.4, 0.5) is 4.39 Å². The summed E-state index contributed by atoms with van der Waals surface area (Å²) in [7, 11) is 0. The number of aliphatic hydroxyl groups is 2. The highest BCUT2D eigenvalue weighted by molar-refractivity contribution is 4.92. The first-order chi connectivity index (χ1) is 5.16. The van der Waals surface area contributed by atoms with Crippen LogP contribution in [-0.4, -0.2) is 47.7 Å². The third-order valence-corrected chi connectivity index (χ3v) is 1.96. The molecule has 0 spiro atoms. The van der Waals surface area contributed by atoms with Crippen LogP contribution in [0.2, 0.25) is 0 Å². The molecule has 66 valence electrons. The van der Waals surface area contributed by atoms with Gasteiger partial charge >= 0.3 is 0 Å². The van der Waals surface area contributed by atoms with Gasteiger partial charge in [-0.05, 0) is 0 Å². The molecule has 0 aromatic carbocycles. The van der Waals surface area contributed by atoms with E-state index in [1.54, 1.807) is 0 Å². The zero-order valence-corrected chi connectivity index (χ0v) is 6.07. The van der Waals surface area contributed by atoms with Gasteiger partial charge in [0.2, 0.25) is 0 Å². The molecule has 0 aliphatic carbocycles. The van der Waals surface area contributed by atoms with E-state index in [4.69, 9.17) is 10.8 Å². The molecule has 11 heavy (non-hydrogen) atoms. The molecule has 0 aromatic heterocycles. The average Bonchev–Trinajstić information content (AvgIpc) is 2.01. The third-order valence-electron chi connectivity index (χ3n) is 1.96. The number of rotatable bonds is 1. The van der Waals surface area contributed by atoms with Crippen LogP contribution < -0.4 is 11.1 Å². The van der Waals surface area contributed by atoms with Gasteiger partial charge in [-0.3, -0.25) is 0 Å². The molecule has 5 N–H and O–H groups in total. The molecule has 1 aliphatic heterocycles. The maximum absolute atomic E-state index is 12.6. The van der Waals surface area contributed by atoms with Gasteiger partial charge in [0.15, 0.2) is 0 Å². The van der Waals surface area contributed by atoms with E-state index < -0.39 is 24.4 Å². The second kappa shape index (κ2) is 3.44. The molecule has 0 amide bonds. The molecule has 1 heterocycles. The van der Waals surface area contributed by atoms with Crippen molar-refractivity contribution in [2.45, 2.75) is 24.4 Å². The minimum atomic E-state index is -1.40. The van der Waals surface area contributed by atoms with Gasteiger partial charge in [0, 0.05) is 19.1 Å². The predicted molar refractivity (Wildman–Crippen MR) is 37.8 cm³/mol. The molecule has 0 radical (unpaired) electrons. The van der Waals surface area contributed by atoms with Crippen LogP contribution in [0.15, 0.2) is 0 Å². The van der Waals surface area contributed by atoms with Crippen LogP contribution in [0.5, 0.6) is 0 Å². The van der Waals surface area contributed by atoms with E-state index in [2.05, 4.69) is 5.32 Å². The molecular formula is C6H13FN2O2. The first-order valence-electron chi connectivity index (χ1n) is 3.60. The summed E-state index contributed by atoms with van der Waals surface area (Å²) in [6.45, 7) is 0.255. The molecule has 0 saturated carbocycles. The lowest BCUT2D eigenvalue weighted by Crippen LogP contribution is -2.60. The van der Waals surface area contributed by atoms with Gasteiger partial charge in [0.1, 0.15) is 12.3 Å². The summed E-state index contributed by atoms with van der Waals surface area (Å²) in [6, 6.07) is -0.392. The number of hydrogen-bond acceptors (Lipinski definition) is 4. The fraction of sp³-hybridized carbons (Fsp3) is 1.00. The van der Waals surface area contributed by atoms with E-state index in [1.807, 2.05) is 0 Å². The quantitative estimate of drug-likeness (QED) is 0.360. The molecule has 1 aliphatic rings. The molecule has 0 aromatic rings. The number of alkyl halides is 1. The Morgan fingerprint density at radius 1 is 1.45 bits per heavy atom.